The second kappa shape index (κ2) is 37.7. The molecule has 27 heteroatoms. The summed E-state index contributed by atoms with van der Waals surface area (Å²) >= 11 is 6.42. The Morgan fingerprint density at radius 1 is 0.457 bits per heavy atom. The number of carbonyl (C=O) groups is 4. The first-order valence-corrected chi connectivity index (χ1v) is 44.2. The van der Waals surface area contributed by atoms with Crippen molar-refractivity contribution in [2.45, 2.75) is 222 Å². The largest absolute Gasteiger partial charge is 0.490 e. The second-order valence-corrected chi connectivity index (χ2v) is 35.6. The number of Topliss-reactive ketones (excluding diaryl/α,β-unsaturated/α-hetero) is 4. The molecule has 26 nitrogen and oxygen atoms in total. The molecule has 0 saturated heterocycles. The van der Waals surface area contributed by atoms with Crippen molar-refractivity contribution < 1.29 is 52.3 Å². The normalized spacial score (nSPS) is 13.8. The summed E-state index contributed by atoms with van der Waals surface area (Å²) in [4.78, 5) is 52.0. The summed E-state index contributed by atoms with van der Waals surface area (Å²) in [5.74, 6) is 2.50. The van der Waals surface area contributed by atoms with Crippen LogP contribution in [-0.2, 0) is 84.2 Å². The van der Waals surface area contributed by atoms with Gasteiger partial charge in [0.25, 0.3) is 0 Å². The lowest BCUT2D eigenvalue weighted by Crippen LogP contribution is -2.32. The topological polar surface area (TPSA) is 292 Å². The van der Waals surface area contributed by atoms with Crippen LogP contribution in [0.3, 0.4) is 0 Å². The third-order valence-electron chi connectivity index (χ3n) is 23.8. The zero-order valence-electron chi connectivity index (χ0n) is 75.3. The average molecular weight is 1760 g/mol. The molecule has 3 saturated carbocycles. The van der Waals surface area contributed by atoms with Crippen LogP contribution in [0, 0.1) is 6.92 Å². The third-order valence-corrected chi connectivity index (χ3v) is 24.1. The second-order valence-electron chi connectivity index (χ2n) is 35.2. The predicted molar refractivity (Wildman–Crippen MR) is 499 cm³/mol. The minimum absolute atomic E-state index is 0.0138. The number of halogens is 1. The number of nitrogens with one attached hydrogen (secondary N) is 2. The van der Waals surface area contributed by atoms with Crippen LogP contribution in [0.1, 0.15) is 174 Å². The van der Waals surface area contributed by atoms with Gasteiger partial charge in [-0.3, -0.25) is 43.7 Å². The number of hydrogen-bond acceptors (Lipinski definition) is 19. The summed E-state index contributed by atoms with van der Waals surface area (Å²) in [5, 5.41) is 42.3. The zero-order chi connectivity index (χ0) is 90.6. The highest BCUT2D eigenvalue weighted by atomic mass is 35.5. The van der Waals surface area contributed by atoms with Gasteiger partial charge in [-0.05, 0) is 250 Å². The molecule has 0 spiro atoms. The minimum atomic E-state index is -0.872. The van der Waals surface area contributed by atoms with E-state index in [-0.39, 0.29) is 49.6 Å². The van der Waals surface area contributed by atoms with Gasteiger partial charge < -0.3 is 33.2 Å². The van der Waals surface area contributed by atoms with E-state index in [2.05, 4.69) is 92.0 Å². The van der Waals surface area contributed by atoms with Crippen LogP contribution in [0.25, 0.3) is 94.8 Å². The molecule has 0 atom stereocenters. The van der Waals surface area contributed by atoms with E-state index < -0.39 is 22.4 Å². The lowest BCUT2D eigenvalue weighted by Gasteiger charge is -2.21. The number of aromatic nitrogens is 14. The fourth-order valence-corrected chi connectivity index (χ4v) is 14.6. The van der Waals surface area contributed by atoms with Gasteiger partial charge in [0, 0.05) is 67.5 Å². The van der Waals surface area contributed by atoms with E-state index >= 15 is 0 Å². The van der Waals surface area contributed by atoms with Gasteiger partial charge in [-0.2, -0.15) is 35.7 Å². The van der Waals surface area contributed by atoms with Crippen molar-refractivity contribution in [1.82, 2.24) is 69.3 Å². The summed E-state index contributed by atoms with van der Waals surface area (Å²) in [6.45, 7) is 27.4. The fraction of sp³-hybridized carbons (Fsp3) is 0.333. The lowest BCUT2D eigenvalue weighted by molar-refractivity contribution is -0.140. The fourth-order valence-electron chi connectivity index (χ4n) is 14.4. The van der Waals surface area contributed by atoms with E-state index in [0.717, 1.165) is 202 Å². The standard InChI is InChI=1S/C26H28N4O3.C26H27N3O3.C25H27ClN4O2.C25H26N4O3/c1-16-25-22(28-27-16)9-6-10-23(25)30-24(14-19(29-30)15-32-26(3,4)17(2)31)18-7-5-8-21(13-18)33-20-11-12-20;1-17(30)26(2,3)31-16-20-13-25(18-6-4-8-22(12-18)32-21-10-11-21)29(28-20)24-9-5-7-19-14-27-15-23(19)24;1-5-29-23-12-18(10-11-19(23)14-27-29)24-13-21(16-32-25(3,4)17(2)31)28-30(24)15-20-8-6-7-9-22(20)26;1-16(30)25(2,3)31-15-18-13-24(17-6-4-7-20(12-17)32-19-10-11-19)29(28-18)23-9-5-8-22-21(23)14-26-27-22/h5-10,13-14,20H,11-12,15H2,1-4H3,(H,27,28);4-9,12-14,21H,10-11,15-16H2,1-3H3;6-14H,5,15-16H2,1-4H3;4-9,12-14,19H,10-11,15H2,1-3H3,(H,26,27). The third kappa shape index (κ3) is 21.0. The average Bonchev–Trinajstić information content (AvgIpc) is 1.62. The van der Waals surface area contributed by atoms with Crippen molar-refractivity contribution in [2.24, 2.45) is 4.99 Å². The van der Waals surface area contributed by atoms with Crippen LogP contribution in [-0.4, -0.2) is 139 Å². The molecule has 664 valence electrons. The summed E-state index contributed by atoms with van der Waals surface area (Å²) in [5.41, 5.74) is 17.3. The summed E-state index contributed by atoms with van der Waals surface area (Å²) in [7, 11) is 0. The Morgan fingerprint density at radius 3 is 1.41 bits per heavy atom. The number of H-pyrrole nitrogens is 2. The SMILES string of the molecule is CC(=O)C(C)(C)OCc1cc(-c2cccc(OC3CC3)c2)n(-c2cccc3[nH]ncc23)n1.CC(=O)C(C)(C)OCc1cc(-c2cccc(OC3CC3)c2)n(-c2cccc3c2CN=C3)n1.CC(=O)C(C)(C)OCc1cc(-c2cccc(OC3CC3)c2)n(-c2cccc3n[nH]c(C)c23)n1.CCn1ncc2ccc(-c3cc(COC(C)(C)C(C)=O)nn3Cc3ccccc3Cl)cc21. The number of aromatic amines is 2. The van der Waals surface area contributed by atoms with Crippen LogP contribution >= 0.6 is 11.6 Å². The summed E-state index contributed by atoms with van der Waals surface area (Å²) in [6, 6.07) is 64.6. The first-order valence-electron chi connectivity index (χ1n) is 43.8. The number of carbonyl (C=O) groups excluding carboxylic acids is 4. The molecule has 3 aliphatic carbocycles. The quantitative estimate of drug-likeness (QED) is 0.0396. The monoisotopic (exact) mass is 1750 g/mol. The number of ether oxygens (including phenoxy) is 7. The summed E-state index contributed by atoms with van der Waals surface area (Å²) < 4.78 is 51.4. The molecule has 0 bridgehead atoms. The summed E-state index contributed by atoms with van der Waals surface area (Å²) in [6.07, 6.45) is 13.2. The maximum Gasteiger partial charge on any atom is 0.161 e. The highest BCUT2D eigenvalue weighted by Crippen LogP contribution is 2.40. The van der Waals surface area contributed by atoms with Crippen molar-refractivity contribution >= 4 is 73.7 Å². The van der Waals surface area contributed by atoms with E-state index in [0.29, 0.717) is 36.4 Å². The van der Waals surface area contributed by atoms with Gasteiger partial charge in [-0.1, -0.05) is 103 Å². The van der Waals surface area contributed by atoms with Crippen molar-refractivity contribution in [1.29, 1.82) is 0 Å². The number of nitrogens with zero attached hydrogens (tertiary/aromatic N) is 13. The molecule has 4 aliphatic rings. The van der Waals surface area contributed by atoms with Gasteiger partial charge in [0.15, 0.2) is 23.1 Å². The molecule has 0 unspecified atom stereocenters. The van der Waals surface area contributed by atoms with Gasteiger partial charge >= 0.3 is 0 Å². The molecule has 15 aromatic rings. The Kier molecular flexibility index (Phi) is 26.1. The molecule has 0 amide bonds. The molecule has 1 aliphatic heterocycles. The van der Waals surface area contributed by atoms with Gasteiger partial charge in [0.05, 0.1) is 149 Å². The molecule has 8 aromatic carbocycles. The maximum absolute atomic E-state index is 11.9. The smallest absolute Gasteiger partial charge is 0.161 e. The zero-order valence-corrected chi connectivity index (χ0v) is 76.1. The first kappa shape index (κ1) is 89.3. The van der Waals surface area contributed by atoms with E-state index in [1.165, 1.54) is 20.8 Å². The van der Waals surface area contributed by atoms with E-state index in [1.807, 2.05) is 182 Å². The molecular weight excluding hydrogens is 1650 g/mol. The highest BCUT2D eigenvalue weighted by Gasteiger charge is 2.33. The van der Waals surface area contributed by atoms with E-state index in [9.17, 15) is 19.2 Å². The Hall–Kier alpha value is -13.1. The Balaban J connectivity index is 0.000000126. The number of aryl methyl sites for hydroxylation is 2. The number of benzene rings is 8. The first-order chi connectivity index (χ1) is 61.9. The van der Waals surface area contributed by atoms with Crippen LogP contribution < -0.4 is 14.2 Å². The van der Waals surface area contributed by atoms with Crippen molar-refractivity contribution in [2.75, 3.05) is 0 Å². The molecule has 129 heavy (non-hydrogen) atoms. The maximum atomic E-state index is 11.9. The lowest BCUT2D eigenvalue weighted by atomic mass is 10.1. The van der Waals surface area contributed by atoms with Crippen LogP contribution in [0.2, 0.25) is 5.02 Å². The number of fused-ring (bicyclic) bond motifs is 4. The number of rotatable bonds is 32. The van der Waals surface area contributed by atoms with Crippen molar-refractivity contribution in [3.63, 3.8) is 0 Å². The molecule has 2 N–H and O–H groups in total. The predicted octanol–water partition coefficient (Wildman–Crippen LogP) is 20.4. The van der Waals surface area contributed by atoms with E-state index in [4.69, 9.17) is 65.2 Å². The molecule has 7 aromatic heterocycles. The van der Waals surface area contributed by atoms with Crippen molar-refractivity contribution in [3.8, 4) is 79.3 Å². The Labute approximate surface area is 754 Å². The molecule has 8 heterocycles. The van der Waals surface area contributed by atoms with Gasteiger partial charge in [0.2, 0.25) is 0 Å². The Morgan fingerprint density at radius 2 is 0.907 bits per heavy atom. The van der Waals surface area contributed by atoms with Crippen LogP contribution in [0.5, 0.6) is 17.2 Å². The molecule has 19 rings (SSSR count). The van der Waals surface area contributed by atoms with Gasteiger partial charge in [-0.25, -0.2) is 14.0 Å². The molecule has 0 radical (unpaired) electrons. The Bertz CT molecular complexity index is 6680. The van der Waals surface area contributed by atoms with Crippen LogP contribution in [0.4, 0.5) is 0 Å². The van der Waals surface area contributed by atoms with Crippen molar-refractivity contribution in [3.05, 3.63) is 257 Å². The minimum Gasteiger partial charge on any atom is -0.490 e. The number of ketones is 4. The molecule has 3 fully saturated rings. The van der Waals surface area contributed by atoms with E-state index in [1.54, 1.807) is 68.5 Å². The van der Waals surface area contributed by atoms with Gasteiger partial charge in [-0.15, -0.1) is 0 Å². The number of aliphatic imine (C=N–C) groups is 1. The van der Waals surface area contributed by atoms with Gasteiger partial charge in [0.1, 0.15) is 39.7 Å². The van der Waals surface area contributed by atoms with Crippen LogP contribution in [0.15, 0.2) is 212 Å². The molecular formula is C102H108ClN15O11. The number of hydrogen-bond donors (Lipinski definition) is 2. The highest BCUT2D eigenvalue weighted by molar-refractivity contribution is 6.31.